The number of aromatic nitrogens is 2. The first-order valence-electron chi connectivity index (χ1n) is 8.72. The van der Waals surface area contributed by atoms with E-state index in [9.17, 15) is 0 Å². The molecule has 2 saturated heterocycles. The van der Waals surface area contributed by atoms with E-state index in [4.69, 9.17) is 21.1 Å². The summed E-state index contributed by atoms with van der Waals surface area (Å²) in [6, 6.07) is 11.4. The molecule has 0 aliphatic carbocycles. The lowest BCUT2D eigenvalue weighted by atomic mass is 9.91. The Morgan fingerprint density at radius 2 is 1.88 bits per heavy atom. The number of morpholine rings is 1. The Balaban J connectivity index is 1.46. The van der Waals surface area contributed by atoms with Gasteiger partial charge < -0.3 is 9.47 Å². The Hall–Kier alpha value is -1.69. The molecule has 2 aliphatic heterocycles. The predicted molar refractivity (Wildman–Crippen MR) is 95.8 cm³/mol. The van der Waals surface area contributed by atoms with Crippen molar-refractivity contribution in [2.75, 3.05) is 13.2 Å². The monoisotopic (exact) mass is 359 g/mol. The van der Waals surface area contributed by atoms with Crippen molar-refractivity contribution in [1.29, 1.82) is 0 Å². The average molecular weight is 360 g/mol. The van der Waals surface area contributed by atoms with Crippen LogP contribution in [0.25, 0.3) is 0 Å². The van der Waals surface area contributed by atoms with E-state index < -0.39 is 0 Å². The van der Waals surface area contributed by atoms with E-state index >= 15 is 0 Å². The van der Waals surface area contributed by atoms with Crippen molar-refractivity contribution in [1.82, 2.24) is 14.9 Å². The van der Waals surface area contributed by atoms with Crippen LogP contribution in [0.4, 0.5) is 0 Å². The van der Waals surface area contributed by atoms with Gasteiger partial charge in [-0.05, 0) is 12.5 Å². The second-order valence-electron chi connectivity index (χ2n) is 6.81. The molecule has 0 saturated carbocycles. The average Bonchev–Trinajstić information content (AvgIpc) is 2.60. The number of fused-ring (bicyclic) bond motifs is 2. The second-order valence-corrected chi connectivity index (χ2v) is 7.17. The van der Waals surface area contributed by atoms with Crippen LogP contribution in [0.5, 0.6) is 5.88 Å². The molecule has 3 heterocycles. The van der Waals surface area contributed by atoms with E-state index in [1.54, 1.807) is 0 Å². The molecule has 0 N–H and O–H groups in total. The molecular formula is C19H22ClN3O2. The van der Waals surface area contributed by atoms with Crippen LogP contribution in [-0.4, -0.2) is 46.3 Å². The number of piperidine rings is 1. The van der Waals surface area contributed by atoms with Crippen LogP contribution in [0, 0.1) is 6.92 Å². The molecule has 2 fully saturated rings. The maximum Gasteiger partial charge on any atom is 0.221 e. The molecule has 0 spiro atoms. The quantitative estimate of drug-likeness (QED) is 0.784. The molecule has 3 atom stereocenters. The van der Waals surface area contributed by atoms with Crippen molar-refractivity contribution < 1.29 is 9.47 Å². The summed E-state index contributed by atoms with van der Waals surface area (Å²) in [7, 11) is 0. The number of nitrogens with zero attached hydrogens (tertiary/aromatic N) is 3. The highest BCUT2D eigenvalue weighted by atomic mass is 35.5. The topological polar surface area (TPSA) is 47.5 Å². The highest BCUT2D eigenvalue weighted by molar-refractivity contribution is 6.30. The van der Waals surface area contributed by atoms with Crippen molar-refractivity contribution in [3.63, 3.8) is 0 Å². The maximum atomic E-state index is 6.18. The van der Waals surface area contributed by atoms with Gasteiger partial charge in [0.1, 0.15) is 17.6 Å². The summed E-state index contributed by atoms with van der Waals surface area (Å²) < 4.78 is 12.0. The van der Waals surface area contributed by atoms with Crippen LogP contribution in [0.15, 0.2) is 36.7 Å². The third-order valence-electron chi connectivity index (χ3n) is 5.09. The molecule has 6 heteroatoms. The summed E-state index contributed by atoms with van der Waals surface area (Å²) in [5.74, 6) is 0.598. The van der Waals surface area contributed by atoms with E-state index in [1.165, 1.54) is 11.9 Å². The van der Waals surface area contributed by atoms with Gasteiger partial charge in [-0.1, -0.05) is 41.9 Å². The summed E-state index contributed by atoms with van der Waals surface area (Å²) in [4.78, 5) is 10.8. The van der Waals surface area contributed by atoms with Crippen molar-refractivity contribution >= 4 is 11.6 Å². The number of ether oxygens (including phenoxy) is 2. The Morgan fingerprint density at radius 1 is 1.16 bits per heavy atom. The maximum absolute atomic E-state index is 6.18. The lowest BCUT2D eigenvalue weighted by Gasteiger charge is -2.48. The number of benzene rings is 1. The first-order valence-corrected chi connectivity index (χ1v) is 9.09. The lowest BCUT2D eigenvalue weighted by molar-refractivity contribution is -0.104. The van der Waals surface area contributed by atoms with E-state index in [2.05, 4.69) is 45.2 Å². The van der Waals surface area contributed by atoms with Crippen LogP contribution in [-0.2, 0) is 11.3 Å². The van der Waals surface area contributed by atoms with Crippen LogP contribution in [0.1, 0.15) is 24.0 Å². The molecule has 1 aromatic carbocycles. The van der Waals surface area contributed by atoms with Crippen LogP contribution < -0.4 is 4.74 Å². The highest BCUT2D eigenvalue weighted by Crippen LogP contribution is 2.32. The van der Waals surface area contributed by atoms with E-state index in [1.807, 2.05) is 6.92 Å². The minimum absolute atomic E-state index is 0.135. The molecular weight excluding hydrogens is 338 g/mol. The number of hydrogen-bond acceptors (Lipinski definition) is 5. The Kier molecular flexibility index (Phi) is 4.88. The van der Waals surface area contributed by atoms with Crippen LogP contribution in [0.2, 0.25) is 5.15 Å². The molecule has 2 bridgehead atoms. The highest BCUT2D eigenvalue weighted by Gasteiger charge is 2.40. The summed E-state index contributed by atoms with van der Waals surface area (Å²) in [6.07, 6.45) is 3.46. The van der Waals surface area contributed by atoms with Gasteiger partial charge in [-0.3, -0.25) is 4.90 Å². The van der Waals surface area contributed by atoms with Gasteiger partial charge in [-0.25, -0.2) is 9.97 Å². The van der Waals surface area contributed by atoms with E-state index in [-0.39, 0.29) is 6.10 Å². The van der Waals surface area contributed by atoms with Crippen molar-refractivity contribution in [3.8, 4) is 5.88 Å². The second kappa shape index (κ2) is 7.28. The molecule has 4 rings (SSSR count). The normalized spacial score (nSPS) is 26.4. The largest absolute Gasteiger partial charge is 0.474 e. The summed E-state index contributed by atoms with van der Waals surface area (Å²) in [5.41, 5.74) is 2.15. The third kappa shape index (κ3) is 3.64. The molecule has 0 radical (unpaired) electrons. The fraction of sp³-hybridized carbons (Fsp3) is 0.474. The lowest BCUT2D eigenvalue weighted by Crippen LogP contribution is -2.58. The van der Waals surface area contributed by atoms with E-state index in [0.29, 0.717) is 23.1 Å². The molecule has 1 unspecified atom stereocenters. The van der Waals surface area contributed by atoms with Gasteiger partial charge in [-0.2, -0.15) is 0 Å². The molecule has 1 aromatic heterocycles. The Morgan fingerprint density at radius 3 is 2.60 bits per heavy atom. The minimum Gasteiger partial charge on any atom is -0.474 e. The van der Waals surface area contributed by atoms with E-state index in [0.717, 1.165) is 38.2 Å². The van der Waals surface area contributed by atoms with Gasteiger partial charge in [0.25, 0.3) is 0 Å². The third-order valence-corrected chi connectivity index (χ3v) is 5.47. The van der Waals surface area contributed by atoms with Gasteiger partial charge >= 0.3 is 0 Å². The molecule has 0 amide bonds. The number of rotatable bonds is 4. The summed E-state index contributed by atoms with van der Waals surface area (Å²) in [5, 5.41) is 0.454. The number of halogens is 1. The predicted octanol–water partition coefficient (Wildman–Crippen LogP) is 3.25. The molecule has 25 heavy (non-hydrogen) atoms. The molecule has 2 aliphatic rings. The summed E-state index contributed by atoms with van der Waals surface area (Å²) in [6.45, 7) is 4.37. The minimum atomic E-state index is 0.135. The van der Waals surface area contributed by atoms with Crippen molar-refractivity contribution in [2.45, 2.75) is 44.5 Å². The first-order chi connectivity index (χ1) is 12.2. The fourth-order valence-corrected chi connectivity index (χ4v) is 3.90. The van der Waals surface area contributed by atoms with Crippen molar-refractivity contribution in [2.24, 2.45) is 0 Å². The SMILES string of the molecule is Cc1c(Cl)ncnc1O[C@@H]1CC2COC[C@@H](C1)N2Cc1ccccc1. The van der Waals surface area contributed by atoms with Gasteiger partial charge in [0.2, 0.25) is 5.88 Å². The first kappa shape index (κ1) is 16.8. The summed E-state index contributed by atoms with van der Waals surface area (Å²) >= 11 is 6.08. The van der Waals surface area contributed by atoms with Crippen LogP contribution in [0.3, 0.4) is 0 Å². The standard InChI is InChI=1S/C19H22ClN3O2/c1-13-18(20)21-12-22-19(13)25-17-7-15-10-24-11-16(8-17)23(15)9-14-5-3-2-4-6-14/h2-6,12,15-17H,7-11H2,1H3/t15-,16?,17+/m1/s1. The Labute approximate surface area is 152 Å². The van der Waals surface area contributed by atoms with Gasteiger partial charge in [0.05, 0.1) is 13.2 Å². The molecule has 132 valence electrons. The zero-order valence-electron chi connectivity index (χ0n) is 14.3. The zero-order valence-corrected chi connectivity index (χ0v) is 15.0. The van der Waals surface area contributed by atoms with Gasteiger partial charge in [-0.15, -0.1) is 0 Å². The van der Waals surface area contributed by atoms with Crippen LogP contribution >= 0.6 is 11.6 Å². The zero-order chi connectivity index (χ0) is 17.2. The fourth-order valence-electron chi connectivity index (χ4n) is 3.78. The molecule has 2 aromatic rings. The van der Waals surface area contributed by atoms with Crippen molar-refractivity contribution in [3.05, 3.63) is 52.9 Å². The smallest absolute Gasteiger partial charge is 0.221 e. The van der Waals surface area contributed by atoms with Gasteiger partial charge in [0.15, 0.2) is 0 Å². The number of hydrogen-bond donors (Lipinski definition) is 0. The molecule has 5 nitrogen and oxygen atoms in total. The Bertz CT molecular complexity index is 714. The van der Waals surface area contributed by atoms with Gasteiger partial charge in [0, 0.05) is 37.0 Å².